The van der Waals surface area contributed by atoms with Crippen LogP contribution in [0.1, 0.15) is 21.7 Å². The van der Waals surface area contributed by atoms with Gasteiger partial charge in [-0.05, 0) is 48.5 Å². The van der Waals surface area contributed by atoms with Gasteiger partial charge in [-0.1, -0.05) is 18.2 Å². The maximum absolute atomic E-state index is 13.0. The predicted molar refractivity (Wildman–Crippen MR) is 121 cm³/mol. The molecule has 2 N–H and O–H groups in total. The monoisotopic (exact) mass is 470 g/mol. The molecule has 0 aliphatic heterocycles. The number of carbonyl (C=O) groups is 2. The summed E-state index contributed by atoms with van der Waals surface area (Å²) in [6.07, 6.45) is -1.73. The summed E-state index contributed by atoms with van der Waals surface area (Å²) in [5.74, 6) is -0.254. The van der Waals surface area contributed by atoms with Crippen molar-refractivity contribution in [3.63, 3.8) is 0 Å². The largest absolute Gasteiger partial charge is 0.497 e. The fourth-order valence-corrected chi connectivity index (χ4v) is 2.93. The van der Waals surface area contributed by atoms with Gasteiger partial charge in [-0.3, -0.25) is 9.59 Å². The lowest BCUT2D eigenvalue weighted by atomic mass is 10.1. The van der Waals surface area contributed by atoms with Gasteiger partial charge < -0.3 is 19.8 Å². The Morgan fingerprint density at radius 2 is 1.82 bits per heavy atom. The molecular formula is C25H21F3N2O4. The Balaban J connectivity index is 1.88. The summed E-state index contributed by atoms with van der Waals surface area (Å²) < 4.78 is 49.7. The molecule has 176 valence electrons. The second-order valence-electron chi connectivity index (χ2n) is 7.02. The van der Waals surface area contributed by atoms with Gasteiger partial charge in [0.05, 0.1) is 12.7 Å². The molecule has 9 heteroatoms. The third-order valence-electron chi connectivity index (χ3n) is 4.64. The van der Waals surface area contributed by atoms with Crippen molar-refractivity contribution in [1.82, 2.24) is 10.6 Å². The number of alkyl halides is 3. The fraction of sp³-hybridized carbons (Fsp3) is 0.120. The zero-order valence-electron chi connectivity index (χ0n) is 18.1. The van der Waals surface area contributed by atoms with Gasteiger partial charge in [0, 0.05) is 23.7 Å². The Hall–Kier alpha value is -4.27. The first-order valence-corrected chi connectivity index (χ1v) is 10.0. The molecule has 2 aromatic carbocycles. The first-order chi connectivity index (χ1) is 16.2. The van der Waals surface area contributed by atoms with Crippen LogP contribution in [0.2, 0.25) is 0 Å². The number of hydrogen-bond donors (Lipinski definition) is 2. The maximum Gasteiger partial charge on any atom is 0.416 e. The number of hydrogen-bond acceptors (Lipinski definition) is 4. The Morgan fingerprint density at radius 3 is 2.47 bits per heavy atom. The standard InChI is InChI=1S/C25H21F3N2O4/c1-3-13-29-24(32)21(30-23(31)16-7-9-19(33-2)10-8-16)15-20-11-12-22(34-20)17-5-4-6-18(14-17)25(26,27)28/h3-12,14-15H,1,13H2,2H3,(H,29,32)(H,30,31)/b21-15-. The van der Waals surface area contributed by atoms with E-state index in [0.717, 1.165) is 12.1 Å². The molecule has 34 heavy (non-hydrogen) atoms. The fourth-order valence-electron chi connectivity index (χ4n) is 2.93. The second kappa shape index (κ2) is 10.6. The van der Waals surface area contributed by atoms with Crippen LogP contribution in [0.25, 0.3) is 17.4 Å². The van der Waals surface area contributed by atoms with E-state index in [0.29, 0.717) is 5.75 Å². The third-order valence-corrected chi connectivity index (χ3v) is 4.64. The topological polar surface area (TPSA) is 80.6 Å². The minimum absolute atomic E-state index is 0.118. The van der Waals surface area contributed by atoms with Crippen LogP contribution in [0, 0.1) is 0 Å². The normalized spacial score (nSPS) is 11.6. The van der Waals surface area contributed by atoms with Gasteiger partial charge in [0.15, 0.2) is 0 Å². The molecule has 0 atom stereocenters. The van der Waals surface area contributed by atoms with Crippen molar-refractivity contribution >= 4 is 17.9 Å². The maximum atomic E-state index is 13.0. The van der Waals surface area contributed by atoms with Crippen LogP contribution in [0.3, 0.4) is 0 Å². The Morgan fingerprint density at radius 1 is 1.09 bits per heavy atom. The number of benzene rings is 2. The van der Waals surface area contributed by atoms with Gasteiger partial charge in [-0.2, -0.15) is 13.2 Å². The summed E-state index contributed by atoms with van der Waals surface area (Å²) in [5, 5.41) is 5.10. The number of amides is 2. The van der Waals surface area contributed by atoms with Crippen molar-refractivity contribution in [2.45, 2.75) is 6.18 Å². The second-order valence-corrected chi connectivity index (χ2v) is 7.02. The van der Waals surface area contributed by atoms with Gasteiger partial charge in [0.2, 0.25) is 0 Å². The van der Waals surface area contributed by atoms with Crippen LogP contribution in [0.5, 0.6) is 5.75 Å². The van der Waals surface area contributed by atoms with Gasteiger partial charge in [0.25, 0.3) is 11.8 Å². The first-order valence-electron chi connectivity index (χ1n) is 10.0. The zero-order chi connectivity index (χ0) is 24.7. The number of furan rings is 1. The highest BCUT2D eigenvalue weighted by molar-refractivity contribution is 6.05. The molecule has 0 saturated heterocycles. The van der Waals surface area contributed by atoms with Crippen molar-refractivity contribution in [2.24, 2.45) is 0 Å². The van der Waals surface area contributed by atoms with E-state index >= 15 is 0 Å². The summed E-state index contributed by atoms with van der Waals surface area (Å²) in [6.45, 7) is 3.69. The highest BCUT2D eigenvalue weighted by Gasteiger charge is 2.30. The molecule has 0 fully saturated rings. The first kappa shape index (κ1) is 24.4. The summed E-state index contributed by atoms with van der Waals surface area (Å²) >= 11 is 0. The quantitative estimate of drug-likeness (QED) is 0.357. The van der Waals surface area contributed by atoms with Crippen molar-refractivity contribution in [3.05, 3.63) is 95.9 Å². The number of halogens is 3. The smallest absolute Gasteiger partial charge is 0.416 e. The zero-order valence-corrected chi connectivity index (χ0v) is 18.1. The number of nitrogens with one attached hydrogen (secondary N) is 2. The molecule has 2 amide bonds. The average molecular weight is 470 g/mol. The number of methoxy groups -OCH3 is 1. The Kier molecular flexibility index (Phi) is 7.57. The molecule has 1 aromatic heterocycles. The van der Waals surface area contributed by atoms with E-state index in [9.17, 15) is 22.8 Å². The van der Waals surface area contributed by atoms with E-state index in [1.807, 2.05) is 0 Å². The third kappa shape index (κ3) is 6.16. The summed E-state index contributed by atoms with van der Waals surface area (Å²) in [6, 6.07) is 13.9. The molecule has 0 bridgehead atoms. The SMILES string of the molecule is C=CCNC(=O)/C(=C/c1ccc(-c2cccc(C(F)(F)F)c2)o1)NC(=O)c1ccc(OC)cc1. The van der Waals surface area contributed by atoms with Crippen molar-refractivity contribution in [3.8, 4) is 17.1 Å². The molecule has 6 nitrogen and oxygen atoms in total. The van der Waals surface area contributed by atoms with E-state index in [1.165, 1.54) is 55.7 Å². The molecule has 0 radical (unpaired) electrons. The molecule has 3 rings (SSSR count). The Labute approximate surface area is 193 Å². The van der Waals surface area contributed by atoms with Crippen LogP contribution >= 0.6 is 0 Å². The Bertz CT molecular complexity index is 1210. The minimum Gasteiger partial charge on any atom is -0.497 e. The predicted octanol–water partition coefficient (Wildman–Crippen LogP) is 5.05. The molecule has 3 aromatic rings. The number of rotatable bonds is 8. The van der Waals surface area contributed by atoms with Crippen molar-refractivity contribution in [1.29, 1.82) is 0 Å². The van der Waals surface area contributed by atoms with Crippen LogP contribution in [0.4, 0.5) is 13.2 Å². The van der Waals surface area contributed by atoms with Crippen molar-refractivity contribution in [2.75, 3.05) is 13.7 Å². The molecule has 0 aliphatic carbocycles. The lowest BCUT2D eigenvalue weighted by Gasteiger charge is -2.10. The average Bonchev–Trinajstić information content (AvgIpc) is 3.30. The lowest BCUT2D eigenvalue weighted by molar-refractivity contribution is -0.137. The van der Waals surface area contributed by atoms with E-state index < -0.39 is 23.6 Å². The lowest BCUT2D eigenvalue weighted by Crippen LogP contribution is -2.34. The van der Waals surface area contributed by atoms with E-state index in [2.05, 4.69) is 17.2 Å². The van der Waals surface area contributed by atoms with E-state index in [1.54, 1.807) is 12.1 Å². The number of carbonyl (C=O) groups excluding carboxylic acids is 2. The van der Waals surface area contributed by atoms with Crippen LogP contribution < -0.4 is 15.4 Å². The summed E-state index contributed by atoms with van der Waals surface area (Å²) in [4.78, 5) is 25.2. The molecule has 0 spiro atoms. The van der Waals surface area contributed by atoms with Gasteiger partial charge in [0.1, 0.15) is 23.0 Å². The van der Waals surface area contributed by atoms with Gasteiger partial charge >= 0.3 is 6.18 Å². The molecule has 0 unspecified atom stereocenters. The molecule has 0 saturated carbocycles. The van der Waals surface area contributed by atoms with Gasteiger partial charge in [-0.25, -0.2) is 0 Å². The molecule has 1 heterocycles. The van der Waals surface area contributed by atoms with E-state index in [-0.39, 0.29) is 34.9 Å². The highest BCUT2D eigenvalue weighted by Crippen LogP contribution is 2.32. The summed E-state index contributed by atoms with van der Waals surface area (Å²) in [7, 11) is 1.50. The van der Waals surface area contributed by atoms with Crippen molar-refractivity contribution < 1.29 is 31.9 Å². The molecular weight excluding hydrogens is 449 g/mol. The molecule has 0 aliphatic rings. The summed E-state index contributed by atoms with van der Waals surface area (Å²) in [5.41, 5.74) is -0.427. The van der Waals surface area contributed by atoms with Gasteiger partial charge in [-0.15, -0.1) is 6.58 Å². The number of ether oxygens (including phenoxy) is 1. The highest BCUT2D eigenvalue weighted by atomic mass is 19.4. The van der Waals surface area contributed by atoms with Crippen LogP contribution in [-0.2, 0) is 11.0 Å². The minimum atomic E-state index is -4.49. The van der Waals surface area contributed by atoms with Crippen LogP contribution in [-0.4, -0.2) is 25.5 Å². The van der Waals surface area contributed by atoms with Crippen LogP contribution in [0.15, 0.2) is 83.4 Å². The van der Waals surface area contributed by atoms with E-state index in [4.69, 9.17) is 9.15 Å².